The highest BCUT2D eigenvalue weighted by Crippen LogP contribution is 2.44. The van der Waals surface area contributed by atoms with E-state index in [2.05, 4.69) is 231 Å². The summed E-state index contributed by atoms with van der Waals surface area (Å²) in [7, 11) is -3.30. The lowest BCUT2D eigenvalue weighted by atomic mass is 9.95. The second kappa shape index (κ2) is 18.9. The molecule has 0 heterocycles. The molecular weight excluding hydrogens is 840 g/mol. The van der Waals surface area contributed by atoms with Crippen molar-refractivity contribution in [1.29, 1.82) is 0 Å². The van der Waals surface area contributed by atoms with E-state index in [0.717, 1.165) is 60.4 Å². The zero-order chi connectivity index (χ0) is 45.7. The van der Waals surface area contributed by atoms with E-state index in [4.69, 9.17) is 0 Å². The summed E-state index contributed by atoms with van der Waals surface area (Å²) in [5.74, 6) is 0. The third kappa shape index (κ3) is 8.72. The third-order valence-electron chi connectivity index (χ3n) is 13.0. The van der Waals surface area contributed by atoms with Crippen molar-refractivity contribution in [2.75, 3.05) is 0 Å². The molecule has 0 amide bonds. The maximum Gasteiger partial charge on any atom is 0.171 e. The topological polar surface area (TPSA) is 17.1 Å². The van der Waals surface area contributed by atoms with Crippen LogP contribution in [0.3, 0.4) is 0 Å². The SMILES string of the molecule is O=P(c1ccccc1)(c1cccc(-c2ccc(-c3cccc(-c4cccc(-c5ccccc5)c4)c3)cc2)c1)c1cccc(-c2ccc(-c3cccc(-c4cccc(-c5ccccc5)c4)c3)cc2)c1. The number of hydrogen-bond donors (Lipinski definition) is 0. The van der Waals surface area contributed by atoms with Gasteiger partial charge < -0.3 is 4.57 Å². The van der Waals surface area contributed by atoms with E-state index in [9.17, 15) is 0 Å². The summed E-state index contributed by atoms with van der Waals surface area (Å²) >= 11 is 0. The van der Waals surface area contributed by atoms with Crippen LogP contribution >= 0.6 is 7.14 Å². The molecule has 0 aliphatic rings. The maximum atomic E-state index is 16.0. The molecule has 0 spiro atoms. The Morgan fingerprint density at radius 3 is 0.647 bits per heavy atom. The van der Waals surface area contributed by atoms with Gasteiger partial charge in [0.25, 0.3) is 0 Å². The molecule has 0 aliphatic carbocycles. The number of hydrogen-bond acceptors (Lipinski definition) is 1. The largest absolute Gasteiger partial charge is 0.309 e. The van der Waals surface area contributed by atoms with Gasteiger partial charge in [-0.05, 0) is 125 Å². The molecule has 0 saturated carbocycles. The standard InChI is InChI=1S/C66H47OP/c67-68(64-30-8-3-9-31-64,65-32-14-28-62(46-65)52-38-34-50(35-39-52)56-22-12-26-60(44-56)58-24-10-20-54(42-58)48-16-4-1-5-17-48)66-33-15-29-63(47-66)53-40-36-51(37-41-53)57-23-13-27-61(45-57)59-25-11-21-55(43-59)49-18-6-2-7-19-49/h1-47H. The molecule has 0 saturated heterocycles. The van der Waals surface area contributed by atoms with Gasteiger partial charge in [0, 0.05) is 15.9 Å². The predicted molar refractivity (Wildman–Crippen MR) is 289 cm³/mol. The lowest BCUT2D eigenvalue weighted by molar-refractivity contribution is 0.592. The zero-order valence-corrected chi connectivity index (χ0v) is 38.4. The highest BCUT2D eigenvalue weighted by Gasteiger charge is 2.30. The molecule has 11 rings (SSSR count). The van der Waals surface area contributed by atoms with Crippen molar-refractivity contribution in [3.05, 3.63) is 285 Å². The van der Waals surface area contributed by atoms with Crippen LogP contribution in [0.5, 0.6) is 0 Å². The smallest absolute Gasteiger partial charge is 0.171 e. The van der Waals surface area contributed by atoms with Crippen LogP contribution in [0.4, 0.5) is 0 Å². The van der Waals surface area contributed by atoms with Crippen LogP contribution in [0.2, 0.25) is 0 Å². The summed E-state index contributed by atoms with van der Waals surface area (Å²) in [5, 5.41) is 2.41. The summed E-state index contributed by atoms with van der Waals surface area (Å²) in [4.78, 5) is 0. The molecule has 11 aromatic rings. The van der Waals surface area contributed by atoms with E-state index < -0.39 is 7.14 Å². The van der Waals surface area contributed by atoms with Gasteiger partial charge in [0.15, 0.2) is 7.14 Å². The average Bonchev–Trinajstić information content (AvgIpc) is 3.44. The first-order valence-electron chi connectivity index (χ1n) is 23.2. The Kier molecular flexibility index (Phi) is 11.7. The summed E-state index contributed by atoms with van der Waals surface area (Å²) in [6.45, 7) is 0. The Balaban J connectivity index is 0.864. The minimum absolute atomic E-state index is 0.803. The van der Waals surface area contributed by atoms with Gasteiger partial charge >= 0.3 is 0 Å². The van der Waals surface area contributed by atoms with Crippen molar-refractivity contribution < 1.29 is 4.57 Å². The van der Waals surface area contributed by atoms with Gasteiger partial charge in [-0.1, -0.05) is 249 Å². The minimum atomic E-state index is -3.30. The molecular formula is C66H47OP. The van der Waals surface area contributed by atoms with Gasteiger partial charge in [-0.15, -0.1) is 0 Å². The molecule has 0 atom stereocenters. The lowest BCUT2D eigenvalue weighted by Crippen LogP contribution is -2.25. The van der Waals surface area contributed by atoms with Crippen molar-refractivity contribution in [3.63, 3.8) is 0 Å². The van der Waals surface area contributed by atoms with Crippen LogP contribution in [0.25, 0.3) is 89.0 Å². The first-order valence-corrected chi connectivity index (χ1v) is 24.9. The van der Waals surface area contributed by atoms with Crippen molar-refractivity contribution in [1.82, 2.24) is 0 Å². The highest BCUT2D eigenvalue weighted by atomic mass is 31.2. The van der Waals surface area contributed by atoms with E-state index in [1.807, 2.05) is 54.6 Å². The van der Waals surface area contributed by atoms with Gasteiger partial charge in [0.1, 0.15) is 0 Å². The zero-order valence-electron chi connectivity index (χ0n) is 37.5. The summed E-state index contributed by atoms with van der Waals surface area (Å²) in [5.41, 5.74) is 18.3. The van der Waals surface area contributed by atoms with E-state index >= 15 is 4.57 Å². The monoisotopic (exact) mass is 886 g/mol. The molecule has 1 nitrogen and oxygen atoms in total. The van der Waals surface area contributed by atoms with Gasteiger partial charge in [-0.3, -0.25) is 0 Å². The molecule has 0 aliphatic heterocycles. The van der Waals surface area contributed by atoms with E-state index in [0.29, 0.717) is 0 Å². The normalized spacial score (nSPS) is 11.3. The quantitative estimate of drug-likeness (QED) is 0.118. The van der Waals surface area contributed by atoms with Gasteiger partial charge in [-0.2, -0.15) is 0 Å². The summed E-state index contributed by atoms with van der Waals surface area (Å²) in [6.07, 6.45) is 0. The second-order valence-corrected chi connectivity index (χ2v) is 20.0. The van der Waals surface area contributed by atoms with E-state index in [-0.39, 0.29) is 0 Å². The van der Waals surface area contributed by atoms with Gasteiger partial charge in [0.05, 0.1) is 0 Å². The van der Waals surface area contributed by atoms with Gasteiger partial charge in [0.2, 0.25) is 0 Å². The molecule has 0 radical (unpaired) electrons. The van der Waals surface area contributed by atoms with Crippen LogP contribution in [0.1, 0.15) is 0 Å². The Morgan fingerprint density at radius 1 is 0.162 bits per heavy atom. The Labute approximate surface area is 399 Å². The molecule has 0 unspecified atom stereocenters. The number of benzene rings is 11. The number of rotatable bonds is 11. The van der Waals surface area contributed by atoms with Crippen LogP contribution in [0, 0.1) is 0 Å². The van der Waals surface area contributed by atoms with Crippen molar-refractivity contribution in [3.8, 4) is 89.0 Å². The lowest BCUT2D eigenvalue weighted by Gasteiger charge is -2.21. The molecule has 0 fully saturated rings. The summed E-state index contributed by atoms with van der Waals surface area (Å²) < 4.78 is 16.0. The van der Waals surface area contributed by atoms with Crippen LogP contribution in [-0.4, -0.2) is 0 Å². The van der Waals surface area contributed by atoms with E-state index in [1.54, 1.807) is 0 Å². The van der Waals surface area contributed by atoms with Crippen LogP contribution in [-0.2, 0) is 4.57 Å². The average molecular weight is 887 g/mol. The second-order valence-electron chi connectivity index (χ2n) is 17.3. The molecule has 11 aromatic carbocycles. The third-order valence-corrected chi connectivity index (χ3v) is 16.0. The fraction of sp³-hybridized carbons (Fsp3) is 0. The van der Waals surface area contributed by atoms with Gasteiger partial charge in [-0.25, -0.2) is 0 Å². The van der Waals surface area contributed by atoms with Crippen molar-refractivity contribution in [2.45, 2.75) is 0 Å². The molecule has 0 bridgehead atoms. The fourth-order valence-electron chi connectivity index (χ4n) is 9.33. The first kappa shape index (κ1) is 42.3. The fourth-order valence-corrected chi connectivity index (χ4v) is 12.1. The highest BCUT2D eigenvalue weighted by molar-refractivity contribution is 7.85. The van der Waals surface area contributed by atoms with Crippen molar-refractivity contribution in [2.24, 2.45) is 0 Å². The Morgan fingerprint density at radius 2 is 0.353 bits per heavy atom. The maximum absolute atomic E-state index is 16.0. The molecule has 2 heteroatoms. The minimum Gasteiger partial charge on any atom is -0.309 e. The summed E-state index contributed by atoms with van der Waals surface area (Å²) in [6, 6.07) is 100. The van der Waals surface area contributed by atoms with Crippen LogP contribution < -0.4 is 15.9 Å². The first-order chi connectivity index (χ1) is 33.5. The molecule has 68 heavy (non-hydrogen) atoms. The molecule has 0 N–H and O–H groups in total. The Bertz CT molecular complexity index is 3340. The molecule has 322 valence electrons. The van der Waals surface area contributed by atoms with E-state index in [1.165, 1.54) is 44.5 Å². The Hall–Kier alpha value is -8.35. The van der Waals surface area contributed by atoms with Crippen LogP contribution in [0.15, 0.2) is 285 Å². The molecule has 0 aromatic heterocycles. The van der Waals surface area contributed by atoms with Crippen molar-refractivity contribution >= 4 is 23.1 Å². The predicted octanol–water partition coefficient (Wildman–Crippen LogP) is 16.7.